The molecule has 1 atom stereocenters. The highest BCUT2D eigenvalue weighted by molar-refractivity contribution is 6.31. The molecular formula is C24H28ClN5O. The summed E-state index contributed by atoms with van der Waals surface area (Å²) < 4.78 is 2.05. The van der Waals surface area contributed by atoms with Crippen LogP contribution in [0.15, 0.2) is 61.1 Å². The van der Waals surface area contributed by atoms with E-state index in [0.29, 0.717) is 29.9 Å². The van der Waals surface area contributed by atoms with Crippen molar-refractivity contribution in [2.75, 3.05) is 13.1 Å². The van der Waals surface area contributed by atoms with E-state index in [2.05, 4.69) is 26.3 Å². The number of nitrogens with zero attached hydrogens (tertiary/aromatic N) is 4. The molecule has 1 aromatic carbocycles. The number of hydrogen-bond donors (Lipinski definition) is 1. The molecule has 3 aromatic rings. The summed E-state index contributed by atoms with van der Waals surface area (Å²) in [4.78, 5) is 23.5. The molecule has 1 N–H and O–H groups in total. The lowest BCUT2D eigenvalue weighted by molar-refractivity contribution is -0.121. The minimum absolute atomic E-state index is 0.0899. The molecule has 0 aliphatic carbocycles. The van der Waals surface area contributed by atoms with E-state index in [9.17, 15) is 4.79 Å². The van der Waals surface area contributed by atoms with Crippen LogP contribution in [0.5, 0.6) is 0 Å². The van der Waals surface area contributed by atoms with Crippen molar-refractivity contribution >= 4 is 17.5 Å². The van der Waals surface area contributed by atoms with Gasteiger partial charge in [-0.1, -0.05) is 29.8 Å². The van der Waals surface area contributed by atoms with E-state index in [1.54, 1.807) is 12.4 Å². The fourth-order valence-electron chi connectivity index (χ4n) is 4.17. The van der Waals surface area contributed by atoms with Crippen LogP contribution in [0.3, 0.4) is 0 Å². The van der Waals surface area contributed by atoms with Crippen molar-refractivity contribution in [3.8, 4) is 5.95 Å². The van der Waals surface area contributed by atoms with Gasteiger partial charge >= 0.3 is 0 Å². The quantitative estimate of drug-likeness (QED) is 0.572. The maximum Gasteiger partial charge on any atom is 0.233 e. The Morgan fingerprint density at radius 3 is 2.81 bits per heavy atom. The van der Waals surface area contributed by atoms with Gasteiger partial charge in [0.15, 0.2) is 0 Å². The Morgan fingerprint density at radius 2 is 1.97 bits per heavy atom. The average molecular weight is 438 g/mol. The van der Waals surface area contributed by atoms with Gasteiger partial charge in [0.1, 0.15) is 0 Å². The molecule has 6 nitrogen and oxygen atoms in total. The molecule has 1 saturated heterocycles. The number of halogens is 1. The maximum atomic E-state index is 12.3. The molecule has 162 valence electrons. The third-order valence-corrected chi connectivity index (χ3v) is 6.17. The first-order chi connectivity index (χ1) is 15.2. The largest absolute Gasteiger partial charge is 0.352 e. The molecule has 0 unspecified atom stereocenters. The van der Waals surface area contributed by atoms with Crippen LogP contribution in [0.4, 0.5) is 0 Å². The number of carbonyl (C=O) groups is 1. The monoisotopic (exact) mass is 437 g/mol. The maximum absolute atomic E-state index is 12.3. The van der Waals surface area contributed by atoms with Crippen molar-refractivity contribution in [3.63, 3.8) is 0 Å². The molecule has 1 amide bonds. The number of benzene rings is 1. The molecule has 0 saturated carbocycles. The van der Waals surface area contributed by atoms with Gasteiger partial charge in [-0.25, -0.2) is 9.97 Å². The molecule has 7 heteroatoms. The lowest BCUT2D eigenvalue weighted by Crippen LogP contribution is -2.36. The number of nitrogens with one attached hydrogen (secondary N) is 1. The zero-order chi connectivity index (χ0) is 21.5. The predicted molar refractivity (Wildman–Crippen MR) is 122 cm³/mol. The Morgan fingerprint density at radius 1 is 1.13 bits per heavy atom. The lowest BCUT2D eigenvalue weighted by atomic mass is 9.93. The van der Waals surface area contributed by atoms with Crippen LogP contribution in [0.25, 0.3) is 5.95 Å². The molecule has 3 heterocycles. The average Bonchev–Trinajstić information content (AvgIpc) is 3.26. The Labute approximate surface area is 188 Å². The van der Waals surface area contributed by atoms with E-state index >= 15 is 0 Å². The predicted octanol–water partition coefficient (Wildman–Crippen LogP) is 4.23. The molecule has 0 bridgehead atoms. The first-order valence-electron chi connectivity index (χ1n) is 10.8. The van der Waals surface area contributed by atoms with E-state index < -0.39 is 0 Å². The van der Waals surface area contributed by atoms with Gasteiger partial charge in [0.05, 0.1) is 0 Å². The van der Waals surface area contributed by atoms with E-state index in [-0.39, 0.29) is 5.91 Å². The lowest BCUT2D eigenvalue weighted by Gasteiger charge is -2.32. The van der Waals surface area contributed by atoms with Gasteiger partial charge in [0, 0.05) is 55.4 Å². The van der Waals surface area contributed by atoms with Crippen LogP contribution in [0.1, 0.15) is 36.9 Å². The van der Waals surface area contributed by atoms with Gasteiger partial charge in [-0.05, 0) is 61.6 Å². The van der Waals surface area contributed by atoms with E-state index in [0.717, 1.165) is 38.0 Å². The Balaban J connectivity index is 1.25. The summed E-state index contributed by atoms with van der Waals surface area (Å²) in [6.07, 6.45) is 9.34. The molecule has 4 rings (SSSR count). The van der Waals surface area contributed by atoms with Crippen molar-refractivity contribution < 1.29 is 4.79 Å². The number of aromatic nitrogens is 3. The summed E-state index contributed by atoms with van der Waals surface area (Å²) in [6.45, 7) is 3.43. The molecule has 0 radical (unpaired) electrons. The van der Waals surface area contributed by atoms with Gasteiger partial charge in [0.25, 0.3) is 0 Å². The summed E-state index contributed by atoms with van der Waals surface area (Å²) in [7, 11) is 0. The number of amides is 1. The number of carbonyl (C=O) groups excluding carboxylic acids is 1. The van der Waals surface area contributed by atoms with Crippen molar-refractivity contribution in [3.05, 3.63) is 77.3 Å². The number of rotatable bonds is 8. The second-order valence-corrected chi connectivity index (χ2v) is 8.48. The van der Waals surface area contributed by atoms with Crippen LogP contribution in [-0.2, 0) is 17.9 Å². The van der Waals surface area contributed by atoms with Crippen LogP contribution in [-0.4, -0.2) is 38.4 Å². The Kier molecular flexibility index (Phi) is 7.33. The van der Waals surface area contributed by atoms with Crippen LogP contribution in [0, 0.1) is 5.92 Å². The fraction of sp³-hybridized carbons (Fsp3) is 0.375. The minimum Gasteiger partial charge on any atom is -0.352 e. The first-order valence-corrected chi connectivity index (χ1v) is 11.2. The Hall–Kier alpha value is -2.70. The van der Waals surface area contributed by atoms with Gasteiger partial charge in [-0.15, -0.1) is 0 Å². The standard InChI is InChI=1S/C24H28ClN5O/c25-22-9-2-1-7-20(22)16-28-23(31)11-10-19-6-3-14-29(17-19)18-21-8-4-15-30(21)24-26-12-5-13-27-24/h1-2,4-5,7-9,12-13,15,19H,3,6,10-11,14,16-18H2,(H,28,31)/t19-/m0/s1. The first kappa shape index (κ1) is 21.5. The molecule has 0 spiro atoms. The highest BCUT2D eigenvalue weighted by atomic mass is 35.5. The van der Waals surface area contributed by atoms with Gasteiger partial charge in [-0.3, -0.25) is 14.3 Å². The van der Waals surface area contributed by atoms with E-state index in [1.807, 2.05) is 47.2 Å². The van der Waals surface area contributed by atoms with Crippen LogP contribution >= 0.6 is 11.6 Å². The molecule has 1 fully saturated rings. The smallest absolute Gasteiger partial charge is 0.233 e. The summed E-state index contributed by atoms with van der Waals surface area (Å²) in [5, 5.41) is 3.69. The van der Waals surface area contributed by atoms with Crippen LogP contribution < -0.4 is 5.32 Å². The second kappa shape index (κ2) is 10.6. The second-order valence-electron chi connectivity index (χ2n) is 8.07. The number of likely N-dealkylation sites (tertiary alicyclic amines) is 1. The molecule has 31 heavy (non-hydrogen) atoms. The van der Waals surface area contributed by atoms with Gasteiger partial charge in [-0.2, -0.15) is 0 Å². The zero-order valence-corrected chi connectivity index (χ0v) is 18.3. The number of piperidine rings is 1. The summed E-state index contributed by atoms with van der Waals surface area (Å²) in [5.74, 6) is 1.33. The van der Waals surface area contributed by atoms with E-state index in [1.165, 1.54) is 12.1 Å². The molecule has 2 aromatic heterocycles. The SMILES string of the molecule is O=C(CC[C@@H]1CCCN(Cc2cccn2-c2ncccn2)C1)NCc1ccccc1Cl. The molecule has 1 aliphatic heterocycles. The van der Waals surface area contributed by atoms with Crippen molar-refractivity contribution in [2.45, 2.75) is 38.8 Å². The zero-order valence-electron chi connectivity index (χ0n) is 17.6. The highest BCUT2D eigenvalue weighted by Crippen LogP contribution is 2.23. The molecule has 1 aliphatic rings. The van der Waals surface area contributed by atoms with E-state index in [4.69, 9.17) is 11.6 Å². The summed E-state index contributed by atoms with van der Waals surface area (Å²) in [6, 6.07) is 13.6. The third kappa shape index (κ3) is 5.93. The third-order valence-electron chi connectivity index (χ3n) is 5.80. The van der Waals surface area contributed by atoms with Crippen molar-refractivity contribution in [2.24, 2.45) is 5.92 Å². The Bertz CT molecular complexity index is 990. The fourth-order valence-corrected chi connectivity index (χ4v) is 4.38. The van der Waals surface area contributed by atoms with Gasteiger partial charge in [0.2, 0.25) is 11.9 Å². The highest BCUT2D eigenvalue weighted by Gasteiger charge is 2.22. The summed E-state index contributed by atoms with van der Waals surface area (Å²) in [5.41, 5.74) is 2.14. The summed E-state index contributed by atoms with van der Waals surface area (Å²) >= 11 is 6.16. The number of hydrogen-bond acceptors (Lipinski definition) is 4. The minimum atomic E-state index is 0.0899. The molecular weight excluding hydrogens is 410 g/mol. The van der Waals surface area contributed by atoms with Crippen molar-refractivity contribution in [1.82, 2.24) is 24.8 Å². The van der Waals surface area contributed by atoms with Gasteiger partial charge < -0.3 is 5.32 Å². The normalized spacial score (nSPS) is 16.9. The van der Waals surface area contributed by atoms with Crippen molar-refractivity contribution in [1.29, 1.82) is 0 Å². The van der Waals surface area contributed by atoms with Crippen LogP contribution in [0.2, 0.25) is 5.02 Å². The topological polar surface area (TPSA) is 63.1 Å².